The molecule has 31 heavy (non-hydrogen) atoms. The van der Waals surface area contributed by atoms with Gasteiger partial charge in [-0.1, -0.05) is 46.6 Å². The number of imide groups is 1. The number of nitrogens with zero attached hydrogens (tertiary/aromatic N) is 3. The third kappa shape index (κ3) is 5.90. The molecular weight excluding hydrogens is 498 g/mol. The maximum Gasteiger partial charge on any atom is 0.254 e. The van der Waals surface area contributed by atoms with Crippen LogP contribution >= 0.6 is 39.3 Å². The van der Waals surface area contributed by atoms with Crippen LogP contribution in [-0.4, -0.2) is 48.1 Å². The normalized spacial score (nSPS) is 18.1. The van der Waals surface area contributed by atoms with Crippen molar-refractivity contribution in [3.05, 3.63) is 63.6 Å². The van der Waals surface area contributed by atoms with Crippen molar-refractivity contribution in [3.63, 3.8) is 0 Å². The standard InChI is InChI=1S/C23H25BrClN3O2S/c1-23(12-3-13-31-2)15-27(26-22(23)17-4-8-19(25)9-5-17)14-21(30)28(16-29)20-10-6-18(24)7-11-20/h4-11,16H,3,12-15H2,1-2H3. The Kier molecular flexibility index (Phi) is 8.19. The van der Waals surface area contributed by atoms with Crippen molar-refractivity contribution in [2.75, 3.05) is 30.0 Å². The Hall–Kier alpha value is -1.83. The highest BCUT2D eigenvalue weighted by Gasteiger charge is 2.39. The van der Waals surface area contributed by atoms with Gasteiger partial charge in [-0.25, -0.2) is 0 Å². The number of amides is 2. The highest BCUT2D eigenvalue weighted by Crippen LogP contribution is 2.36. The molecule has 8 heteroatoms. The number of carbonyl (C=O) groups is 2. The maximum absolute atomic E-state index is 12.9. The van der Waals surface area contributed by atoms with Crippen molar-refractivity contribution in [1.29, 1.82) is 0 Å². The van der Waals surface area contributed by atoms with Crippen molar-refractivity contribution in [2.24, 2.45) is 10.5 Å². The number of thioether (sulfide) groups is 1. The van der Waals surface area contributed by atoms with Gasteiger partial charge in [0.25, 0.3) is 5.91 Å². The third-order valence-corrected chi connectivity index (χ3v) is 6.81. The Morgan fingerprint density at radius 1 is 1.26 bits per heavy atom. The molecule has 0 spiro atoms. The van der Waals surface area contributed by atoms with Crippen molar-refractivity contribution < 1.29 is 9.59 Å². The minimum absolute atomic E-state index is 0.0318. The number of anilines is 1. The van der Waals surface area contributed by atoms with Crippen molar-refractivity contribution >= 4 is 63.0 Å². The second kappa shape index (κ2) is 10.7. The van der Waals surface area contributed by atoms with Gasteiger partial charge in [0.05, 0.1) is 11.4 Å². The van der Waals surface area contributed by atoms with E-state index in [2.05, 4.69) is 29.1 Å². The predicted octanol–water partition coefficient (Wildman–Crippen LogP) is 5.46. The molecule has 1 aliphatic heterocycles. The van der Waals surface area contributed by atoms with Crippen LogP contribution in [0, 0.1) is 5.41 Å². The summed E-state index contributed by atoms with van der Waals surface area (Å²) in [5.41, 5.74) is 2.31. The molecule has 0 aromatic heterocycles. The van der Waals surface area contributed by atoms with Gasteiger partial charge in [-0.15, -0.1) is 0 Å². The summed E-state index contributed by atoms with van der Waals surface area (Å²) in [5, 5.41) is 7.27. The lowest BCUT2D eigenvalue weighted by Crippen LogP contribution is -2.39. The van der Waals surface area contributed by atoms with Crippen LogP contribution in [0.2, 0.25) is 5.02 Å². The zero-order chi connectivity index (χ0) is 22.4. The van der Waals surface area contributed by atoms with E-state index in [1.54, 1.807) is 29.3 Å². The number of hydrogen-bond donors (Lipinski definition) is 0. The zero-order valence-corrected chi connectivity index (χ0v) is 20.7. The average Bonchev–Trinajstić information content (AvgIpc) is 3.06. The Morgan fingerprint density at radius 3 is 2.55 bits per heavy atom. The Balaban J connectivity index is 1.81. The van der Waals surface area contributed by atoms with E-state index in [1.807, 2.05) is 36.0 Å². The SMILES string of the molecule is CSCCCC1(C)CN(CC(=O)N(C=O)c2ccc(Br)cc2)N=C1c1ccc(Cl)cc1. The third-order valence-electron chi connectivity index (χ3n) is 5.34. The highest BCUT2D eigenvalue weighted by molar-refractivity contribution is 9.10. The fourth-order valence-electron chi connectivity index (χ4n) is 3.78. The van der Waals surface area contributed by atoms with Gasteiger partial charge in [-0.2, -0.15) is 16.9 Å². The van der Waals surface area contributed by atoms with Gasteiger partial charge < -0.3 is 0 Å². The second-order valence-corrected chi connectivity index (χ2v) is 10.1. The topological polar surface area (TPSA) is 53.0 Å². The van der Waals surface area contributed by atoms with Crippen LogP contribution in [0.25, 0.3) is 0 Å². The van der Waals surface area contributed by atoms with Crippen LogP contribution in [0.15, 0.2) is 58.1 Å². The summed E-state index contributed by atoms with van der Waals surface area (Å²) < 4.78 is 0.882. The molecule has 5 nitrogen and oxygen atoms in total. The molecule has 0 saturated heterocycles. The Bertz CT molecular complexity index is 952. The van der Waals surface area contributed by atoms with Gasteiger partial charge in [-0.3, -0.25) is 19.5 Å². The van der Waals surface area contributed by atoms with Crippen LogP contribution in [-0.2, 0) is 9.59 Å². The fraction of sp³-hybridized carbons (Fsp3) is 0.348. The predicted molar refractivity (Wildman–Crippen MR) is 133 cm³/mol. The summed E-state index contributed by atoms with van der Waals surface area (Å²) in [5.74, 6) is 0.759. The van der Waals surface area contributed by atoms with E-state index in [4.69, 9.17) is 16.7 Å². The van der Waals surface area contributed by atoms with E-state index in [0.29, 0.717) is 23.7 Å². The smallest absolute Gasteiger partial charge is 0.254 e. The Labute approximate surface area is 200 Å². The number of carbonyl (C=O) groups excluding carboxylic acids is 2. The highest BCUT2D eigenvalue weighted by atomic mass is 79.9. The lowest BCUT2D eigenvalue weighted by atomic mass is 9.78. The molecule has 0 radical (unpaired) electrons. The van der Waals surface area contributed by atoms with Gasteiger partial charge in [0, 0.05) is 21.5 Å². The molecule has 0 fully saturated rings. The van der Waals surface area contributed by atoms with Gasteiger partial charge in [0.1, 0.15) is 6.54 Å². The number of rotatable bonds is 9. The molecule has 1 heterocycles. The van der Waals surface area contributed by atoms with Crippen LogP contribution in [0.1, 0.15) is 25.3 Å². The molecule has 1 unspecified atom stereocenters. The number of benzene rings is 2. The summed E-state index contributed by atoms with van der Waals surface area (Å²) in [6.07, 6.45) is 4.69. The van der Waals surface area contributed by atoms with Crippen molar-refractivity contribution in [2.45, 2.75) is 19.8 Å². The summed E-state index contributed by atoms with van der Waals surface area (Å²) >= 11 is 11.3. The monoisotopic (exact) mass is 521 g/mol. The minimum Gasteiger partial charge on any atom is -0.286 e. The largest absolute Gasteiger partial charge is 0.286 e. The van der Waals surface area contributed by atoms with Crippen LogP contribution in [0.4, 0.5) is 5.69 Å². The molecule has 0 aliphatic carbocycles. The first-order valence-corrected chi connectivity index (χ1v) is 12.5. The van der Waals surface area contributed by atoms with Gasteiger partial charge in [0.2, 0.25) is 6.41 Å². The molecule has 3 rings (SSSR count). The molecule has 1 aliphatic rings. The number of halogens is 2. The van der Waals surface area contributed by atoms with E-state index in [-0.39, 0.29) is 17.9 Å². The molecule has 2 amide bonds. The van der Waals surface area contributed by atoms with E-state index in [1.165, 1.54) is 0 Å². The molecular formula is C23H25BrClN3O2S. The summed E-state index contributed by atoms with van der Waals surface area (Å²) in [7, 11) is 0. The quantitative estimate of drug-likeness (QED) is 0.324. The van der Waals surface area contributed by atoms with Crippen LogP contribution < -0.4 is 4.90 Å². The molecule has 164 valence electrons. The minimum atomic E-state index is -0.315. The maximum atomic E-state index is 12.9. The van der Waals surface area contributed by atoms with E-state index in [0.717, 1.165) is 39.2 Å². The van der Waals surface area contributed by atoms with Gasteiger partial charge >= 0.3 is 0 Å². The van der Waals surface area contributed by atoms with Crippen molar-refractivity contribution in [3.8, 4) is 0 Å². The van der Waals surface area contributed by atoms with Gasteiger partial charge in [-0.05, 0) is 66.8 Å². The molecule has 0 N–H and O–H groups in total. The van der Waals surface area contributed by atoms with Crippen molar-refractivity contribution in [1.82, 2.24) is 5.01 Å². The molecule has 2 aromatic carbocycles. The van der Waals surface area contributed by atoms with Crippen LogP contribution in [0.5, 0.6) is 0 Å². The molecule has 0 saturated carbocycles. The fourth-order valence-corrected chi connectivity index (χ4v) is 4.61. The summed E-state index contributed by atoms with van der Waals surface area (Å²) in [4.78, 5) is 25.7. The molecule has 1 atom stereocenters. The lowest BCUT2D eigenvalue weighted by Gasteiger charge is -2.27. The van der Waals surface area contributed by atoms with E-state index < -0.39 is 0 Å². The molecule has 2 aromatic rings. The number of hydrogen-bond acceptors (Lipinski definition) is 5. The van der Waals surface area contributed by atoms with Crippen LogP contribution in [0.3, 0.4) is 0 Å². The van der Waals surface area contributed by atoms with E-state index >= 15 is 0 Å². The first-order chi connectivity index (χ1) is 14.9. The van der Waals surface area contributed by atoms with E-state index in [9.17, 15) is 9.59 Å². The zero-order valence-electron chi connectivity index (χ0n) is 17.6. The molecule has 0 bridgehead atoms. The first kappa shape index (κ1) is 23.8. The number of hydrazone groups is 1. The summed E-state index contributed by atoms with van der Waals surface area (Å²) in [6, 6.07) is 14.7. The lowest BCUT2D eigenvalue weighted by molar-refractivity contribution is -0.122. The first-order valence-electron chi connectivity index (χ1n) is 9.98. The average molecular weight is 523 g/mol. The van der Waals surface area contributed by atoms with Gasteiger partial charge in [0.15, 0.2) is 0 Å². The summed E-state index contributed by atoms with van der Waals surface area (Å²) in [6.45, 7) is 2.85. The Morgan fingerprint density at radius 2 is 1.94 bits per heavy atom. The second-order valence-electron chi connectivity index (χ2n) is 7.78.